The van der Waals surface area contributed by atoms with Crippen LogP contribution in [-0.4, -0.2) is 23.3 Å². The highest BCUT2D eigenvalue weighted by Gasteiger charge is 2.11. The van der Waals surface area contributed by atoms with Crippen LogP contribution in [0.2, 0.25) is 0 Å². The molecule has 0 atom stereocenters. The van der Waals surface area contributed by atoms with Crippen LogP contribution in [0.15, 0.2) is 16.6 Å². The Labute approximate surface area is 95.6 Å². The molecule has 5 heteroatoms. The lowest BCUT2D eigenvalue weighted by molar-refractivity contribution is -0.140. The molecule has 15 heavy (non-hydrogen) atoms. The third-order valence-corrected chi connectivity index (χ3v) is 2.79. The van der Waals surface area contributed by atoms with Crippen molar-refractivity contribution in [2.75, 3.05) is 7.11 Å². The van der Waals surface area contributed by atoms with Gasteiger partial charge < -0.3 is 14.9 Å². The van der Waals surface area contributed by atoms with Crippen molar-refractivity contribution >= 4 is 21.9 Å². The van der Waals surface area contributed by atoms with E-state index in [1.165, 1.54) is 13.2 Å². The molecule has 0 aromatic heterocycles. The summed E-state index contributed by atoms with van der Waals surface area (Å²) in [4.78, 5) is 10.9. The first-order valence-corrected chi connectivity index (χ1v) is 5.11. The van der Waals surface area contributed by atoms with Crippen molar-refractivity contribution in [1.29, 1.82) is 0 Å². The van der Waals surface area contributed by atoms with Gasteiger partial charge in [-0.1, -0.05) is 6.07 Å². The zero-order valence-corrected chi connectivity index (χ0v) is 9.74. The van der Waals surface area contributed by atoms with Crippen molar-refractivity contribution in [3.8, 4) is 11.5 Å². The fourth-order valence-electron chi connectivity index (χ4n) is 1.13. The fraction of sp³-hybridized carbons (Fsp3) is 0.300. The van der Waals surface area contributed by atoms with Crippen LogP contribution in [0.25, 0.3) is 0 Å². The van der Waals surface area contributed by atoms with Crippen molar-refractivity contribution in [2.24, 2.45) is 0 Å². The van der Waals surface area contributed by atoms with E-state index in [-0.39, 0.29) is 28.4 Å². The van der Waals surface area contributed by atoms with Gasteiger partial charge in [0, 0.05) is 6.42 Å². The highest BCUT2D eigenvalue weighted by molar-refractivity contribution is 9.10. The molecule has 4 nitrogen and oxygen atoms in total. The number of carbonyl (C=O) groups is 1. The lowest BCUT2D eigenvalue weighted by Gasteiger charge is -2.06. The van der Waals surface area contributed by atoms with Crippen molar-refractivity contribution in [2.45, 2.75) is 12.8 Å². The third kappa shape index (κ3) is 2.86. The molecule has 0 amide bonds. The summed E-state index contributed by atoms with van der Waals surface area (Å²) < 4.78 is 4.72. The number of carbonyl (C=O) groups excluding carboxylic acids is 1. The predicted octanol–water partition coefficient (Wildman–Crippen LogP) is 1.97. The monoisotopic (exact) mass is 274 g/mol. The SMILES string of the molecule is COC(=O)CCc1ccc(O)c(Br)c1O. The number of esters is 1. The molecule has 1 aromatic carbocycles. The lowest BCUT2D eigenvalue weighted by Crippen LogP contribution is -2.02. The van der Waals surface area contributed by atoms with Gasteiger partial charge in [0.2, 0.25) is 0 Å². The van der Waals surface area contributed by atoms with Crippen LogP contribution in [0.1, 0.15) is 12.0 Å². The standard InChI is InChI=1S/C10H11BrO4/c1-15-8(13)5-3-6-2-4-7(12)9(11)10(6)14/h2,4,12,14H,3,5H2,1H3. The highest BCUT2D eigenvalue weighted by Crippen LogP contribution is 2.35. The van der Waals surface area contributed by atoms with Crippen LogP contribution < -0.4 is 0 Å². The molecular weight excluding hydrogens is 264 g/mol. The summed E-state index contributed by atoms with van der Waals surface area (Å²) in [6, 6.07) is 3.02. The Kier molecular flexibility index (Phi) is 3.96. The minimum absolute atomic E-state index is 0.0330. The maximum Gasteiger partial charge on any atom is 0.305 e. The van der Waals surface area contributed by atoms with Crippen LogP contribution in [0.5, 0.6) is 11.5 Å². The van der Waals surface area contributed by atoms with Crippen molar-refractivity contribution in [1.82, 2.24) is 0 Å². The number of hydrogen-bond donors (Lipinski definition) is 2. The summed E-state index contributed by atoms with van der Waals surface area (Å²) in [6.45, 7) is 0. The Morgan fingerprint density at radius 3 is 2.73 bits per heavy atom. The summed E-state index contributed by atoms with van der Waals surface area (Å²) in [6.07, 6.45) is 0.568. The lowest BCUT2D eigenvalue weighted by atomic mass is 10.1. The number of methoxy groups -OCH3 is 1. The van der Waals surface area contributed by atoms with Crippen LogP contribution >= 0.6 is 15.9 Å². The number of hydrogen-bond acceptors (Lipinski definition) is 4. The predicted molar refractivity (Wildman–Crippen MR) is 57.8 cm³/mol. The van der Waals surface area contributed by atoms with Gasteiger partial charge in [-0.05, 0) is 34.0 Å². The Hall–Kier alpha value is -1.23. The molecule has 0 radical (unpaired) electrons. The quantitative estimate of drug-likeness (QED) is 0.827. The minimum atomic E-state index is -0.335. The van der Waals surface area contributed by atoms with Crippen molar-refractivity contribution in [3.63, 3.8) is 0 Å². The molecule has 0 aliphatic rings. The van der Waals surface area contributed by atoms with E-state index in [1.54, 1.807) is 6.07 Å². The van der Waals surface area contributed by atoms with E-state index in [0.29, 0.717) is 12.0 Å². The number of aromatic hydroxyl groups is 2. The molecule has 0 fully saturated rings. The molecule has 0 aliphatic heterocycles. The van der Waals surface area contributed by atoms with Crippen molar-refractivity contribution < 1.29 is 19.7 Å². The van der Waals surface area contributed by atoms with E-state index in [4.69, 9.17) is 0 Å². The van der Waals surface area contributed by atoms with E-state index in [0.717, 1.165) is 0 Å². The van der Waals surface area contributed by atoms with Gasteiger partial charge in [0.15, 0.2) is 0 Å². The van der Waals surface area contributed by atoms with Crippen LogP contribution in [0.4, 0.5) is 0 Å². The summed E-state index contributed by atoms with van der Waals surface area (Å²) >= 11 is 3.04. The number of phenols is 2. The molecule has 2 N–H and O–H groups in total. The highest BCUT2D eigenvalue weighted by atomic mass is 79.9. The van der Waals surface area contributed by atoms with Gasteiger partial charge in [0.25, 0.3) is 0 Å². The van der Waals surface area contributed by atoms with Gasteiger partial charge in [-0.2, -0.15) is 0 Å². The van der Waals surface area contributed by atoms with Gasteiger partial charge in [-0.15, -0.1) is 0 Å². The normalized spacial score (nSPS) is 10.0. The first kappa shape index (κ1) is 11.8. The Bertz CT molecular complexity index is 376. The first-order valence-electron chi connectivity index (χ1n) is 4.32. The maximum atomic E-state index is 10.9. The Balaban J connectivity index is 2.78. The van der Waals surface area contributed by atoms with Gasteiger partial charge in [-0.25, -0.2) is 0 Å². The van der Waals surface area contributed by atoms with Gasteiger partial charge in [-0.3, -0.25) is 4.79 Å². The summed E-state index contributed by atoms with van der Waals surface area (Å²) in [5, 5.41) is 18.9. The molecule has 82 valence electrons. The summed E-state index contributed by atoms with van der Waals surface area (Å²) in [5.74, 6) is -0.410. The number of rotatable bonds is 3. The average Bonchev–Trinajstić information content (AvgIpc) is 2.24. The number of benzene rings is 1. The molecule has 0 aliphatic carbocycles. The summed E-state index contributed by atoms with van der Waals surface area (Å²) in [5.41, 5.74) is 0.588. The Morgan fingerprint density at radius 2 is 2.13 bits per heavy atom. The second kappa shape index (κ2) is 5.02. The maximum absolute atomic E-state index is 10.9. The fourth-order valence-corrected chi connectivity index (χ4v) is 1.52. The smallest absolute Gasteiger partial charge is 0.305 e. The second-order valence-corrected chi connectivity index (χ2v) is 3.78. The van der Waals surface area contributed by atoms with Crippen LogP contribution in [0.3, 0.4) is 0 Å². The van der Waals surface area contributed by atoms with Crippen LogP contribution in [0, 0.1) is 0 Å². The molecule has 0 saturated carbocycles. The second-order valence-electron chi connectivity index (χ2n) is 2.98. The first-order chi connectivity index (χ1) is 7.06. The molecule has 1 rings (SSSR count). The molecule has 0 heterocycles. The molecule has 1 aromatic rings. The average molecular weight is 275 g/mol. The van der Waals surface area contributed by atoms with E-state index in [1.807, 2.05) is 0 Å². The van der Waals surface area contributed by atoms with E-state index in [9.17, 15) is 15.0 Å². The zero-order chi connectivity index (χ0) is 11.4. The molecule has 0 bridgehead atoms. The third-order valence-electron chi connectivity index (χ3n) is 2.01. The summed E-state index contributed by atoms with van der Waals surface area (Å²) in [7, 11) is 1.31. The molecular formula is C10H11BrO4. The molecule has 0 unspecified atom stereocenters. The van der Waals surface area contributed by atoms with Gasteiger partial charge >= 0.3 is 5.97 Å². The molecule has 0 saturated heterocycles. The number of ether oxygens (including phenoxy) is 1. The minimum Gasteiger partial charge on any atom is -0.507 e. The van der Waals surface area contributed by atoms with Gasteiger partial charge in [0.05, 0.1) is 7.11 Å². The van der Waals surface area contributed by atoms with Crippen molar-refractivity contribution in [3.05, 3.63) is 22.2 Å². The van der Waals surface area contributed by atoms with E-state index < -0.39 is 0 Å². The molecule has 0 spiro atoms. The number of phenolic OH excluding ortho intramolecular Hbond substituents is 2. The van der Waals surface area contributed by atoms with E-state index >= 15 is 0 Å². The topological polar surface area (TPSA) is 66.8 Å². The Morgan fingerprint density at radius 1 is 1.47 bits per heavy atom. The largest absolute Gasteiger partial charge is 0.507 e. The van der Waals surface area contributed by atoms with Gasteiger partial charge in [0.1, 0.15) is 16.0 Å². The van der Waals surface area contributed by atoms with E-state index in [2.05, 4.69) is 20.7 Å². The zero-order valence-electron chi connectivity index (χ0n) is 8.16. The number of aryl methyl sites for hydroxylation is 1. The van der Waals surface area contributed by atoms with Crippen LogP contribution in [-0.2, 0) is 16.0 Å². The number of halogens is 1.